The van der Waals surface area contributed by atoms with Crippen LogP contribution in [0, 0.1) is 18.6 Å². The van der Waals surface area contributed by atoms with Crippen LogP contribution in [0.1, 0.15) is 36.9 Å². The average Bonchev–Trinajstić information content (AvgIpc) is 2.77. The Kier molecular flexibility index (Phi) is 3.94. The van der Waals surface area contributed by atoms with E-state index in [0.717, 1.165) is 12.8 Å². The highest BCUT2D eigenvalue weighted by atomic mass is 19.2. The van der Waals surface area contributed by atoms with Crippen molar-refractivity contribution in [2.45, 2.75) is 44.9 Å². The number of benzene rings is 1. The van der Waals surface area contributed by atoms with Gasteiger partial charge in [-0.3, -0.25) is 11.3 Å². The number of aryl methyl sites for hydroxylation is 1. The summed E-state index contributed by atoms with van der Waals surface area (Å²) >= 11 is 0. The molecule has 1 aliphatic heterocycles. The first-order valence-electron chi connectivity index (χ1n) is 6.10. The molecule has 1 aromatic rings. The molecule has 1 aliphatic rings. The highest BCUT2D eigenvalue weighted by Gasteiger charge is 2.32. The Hall–Kier alpha value is -1.04. The van der Waals surface area contributed by atoms with Gasteiger partial charge in [-0.05, 0) is 32.3 Å². The first-order valence-corrected chi connectivity index (χ1v) is 6.10. The largest absolute Gasteiger partial charge is 0.373 e. The summed E-state index contributed by atoms with van der Waals surface area (Å²) in [5.41, 5.74) is 3.04. The summed E-state index contributed by atoms with van der Waals surface area (Å²) in [6.07, 6.45) is 1.59. The van der Waals surface area contributed by atoms with Gasteiger partial charge in [0.1, 0.15) is 0 Å². The number of nitrogens with two attached hydrogens (primary N) is 1. The first-order chi connectivity index (χ1) is 8.54. The molecule has 3 N–H and O–H groups in total. The highest BCUT2D eigenvalue weighted by molar-refractivity contribution is 5.28. The average molecular weight is 256 g/mol. The van der Waals surface area contributed by atoms with E-state index < -0.39 is 17.7 Å². The summed E-state index contributed by atoms with van der Waals surface area (Å²) in [6.45, 7) is 3.49. The number of hydrogen-bond donors (Lipinski definition) is 2. The van der Waals surface area contributed by atoms with Crippen LogP contribution < -0.4 is 11.3 Å². The number of hydrazine groups is 1. The molecular formula is C13H18F2N2O. The van der Waals surface area contributed by atoms with Gasteiger partial charge in [-0.25, -0.2) is 8.78 Å². The molecule has 2 rings (SSSR count). The van der Waals surface area contributed by atoms with E-state index in [-0.39, 0.29) is 23.3 Å². The van der Waals surface area contributed by atoms with Gasteiger partial charge in [0.25, 0.3) is 0 Å². The molecule has 0 spiro atoms. The van der Waals surface area contributed by atoms with Crippen LogP contribution >= 0.6 is 0 Å². The van der Waals surface area contributed by atoms with E-state index in [2.05, 4.69) is 5.43 Å². The zero-order chi connectivity index (χ0) is 13.3. The minimum absolute atomic E-state index is 0.129. The normalized spacial score (nSPS) is 25.4. The van der Waals surface area contributed by atoms with Crippen molar-refractivity contribution in [1.82, 2.24) is 5.43 Å². The number of hydrogen-bond acceptors (Lipinski definition) is 3. The summed E-state index contributed by atoms with van der Waals surface area (Å²) in [5, 5.41) is 0. The second-order valence-electron chi connectivity index (χ2n) is 4.81. The van der Waals surface area contributed by atoms with Crippen LogP contribution in [0.2, 0.25) is 0 Å². The van der Waals surface area contributed by atoms with Crippen LogP contribution in [0.3, 0.4) is 0 Å². The monoisotopic (exact) mass is 256 g/mol. The molecule has 0 amide bonds. The lowest BCUT2D eigenvalue weighted by Crippen LogP contribution is -2.37. The molecular weight excluding hydrogens is 238 g/mol. The van der Waals surface area contributed by atoms with Crippen LogP contribution in [0.4, 0.5) is 8.78 Å². The molecule has 3 nitrogen and oxygen atoms in total. The lowest BCUT2D eigenvalue weighted by molar-refractivity contribution is 0.0307. The van der Waals surface area contributed by atoms with Crippen molar-refractivity contribution < 1.29 is 13.5 Å². The Morgan fingerprint density at radius 1 is 1.33 bits per heavy atom. The van der Waals surface area contributed by atoms with Crippen molar-refractivity contribution in [3.8, 4) is 0 Å². The van der Waals surface area contributed by atoms with Crippen molar-refractivity contribution in [2.24, 2.45) is 5.84 Å². The number of nitrogens with one attached hydrogen (secondary N) is 1. The molecule has 0 aliphatic carbocycles. The van der Waals surface area contributed by atoms with Crippen molar-refractivity contribution >= 4 is 0 Å². The van der Waals surface area contributed by atoms with E-state index in [1.807, 2.05) is 6.92 Å². The van der Waals surface area contributed by atoms with E-state index in [1.54, 1.807) is 12.1 Å². The standard InChI is InChI=1S/C13H18F2N2O/c1-7-3-5-9(12(15)11(7)14)13(17-16)10-6-4-8(2)18-10/h3,5,8,10,13,17H,4,6,16H2,1-2H3. The van der Waals surface area contributed by atoms with Gasteiger partial charge < -0.3 is 4.74 Å². The van der Waals surface area contributed by atoms with E-state index >= 15 is 0 Å². The summed E-state index contributed by atoms with van der Waals surface area (Å²) in [6, 6.07) is 2.59. The second-order valence-corrected chi connectivity index (χ2v) is 4.81. The first kappa shape index (κ1) is 13.4. The lowest BCUT2D eigenvalue weighted by atomic mass is 9.98. The second kappa shape index (κ2) is 5.30. The van der Waals surface area contributed by atoms with Crippen molar-refractivity contribution in [3.05, 3.63) is 34.9 Å². The molecule has 100 valence electrons. The molecule has 0 saturated carbocycles. The van der Waals surface area contributed by atoms with Crippen LogP contribution in [0.25, 0.3) is 0 Å². The Morgan fingerprint density at radius 3 is 2.61 bits per heavy atom. The number of rotatable bonds is 3. The van der Waals surface area contributed by atoms with Crippen LogP contribution in [-0.4, -0.2) is 12.2 Å². The summed E-state index contributed by atoms with van der Waals surface area (Å²) in [4.78, 5) is 0. The van der Waals surface area contributed by atoms with Crippen molar-refractivity contribution in [3.63, 3.8) is 0 Å². The number of halogens is 2. The Balaban J connectivity index is 2.30. The van der Waals surface area contributed by atoms with E-state index in [9.17, 15) is 8.78 Å². The molecule has 1 fully saturated rings. The minimum Gasteiger partial charge on any atom is -0.373 e. The molecule has 1 heterocycles. The van der Waals surface area contributed by atoms with Crippen molar-refractivity contribution in [1.29, 1.82) is 0 Å². The third-order valence-electron chi connectivity index (χ3n) is 3.46. The Morgan fingerprint density at radius 2 is 2.06 bits per heavy atom. The molecule has 5 heteroatoms. The van der Waals surface area contributed by atoms with Gasteiger partial charge in [-0.2, -0.15) is 0 Å². The fourth-order valence-electron chi connectivity index (χ4n) is 2.38. The topological polar surface area (TPSA) is 47.3 Å². The molecule has 1 aromatic carbocycles. The molecule has 0 aromatic heterocycles. The smallest absolute Gasteiger partial charge is 0.164 e. The van der Waals surface area contributed by atoms with Gasteiger partial charge in [-0.1, -0.05) is 12.1 Å². The maximum atomic E-state index is 13.9. The third kappa shape index (κ3) is 2.39. The zero-order valence-electron chi connectivity index (χ0n) is 10.5. The summed E-state index contributed by atoms with van der Waals surface area (Å²) in [7, 11) is 0. The predicted octanol–water partition coefficient (Wildman–Crippen LogP) is 2.35. The van der Waals surface area contributed by atoms with Crippen LogP contribution in [0.5, 0.6) is 0 Å². The maximum Gasteiger partial charge on any atom is 0.164 e. The van der Waals surface area contributed by atoms with Crippen LogP contribution in [0.15, 0.2) is 12.1 Å². The fourth-order valence-corrected chi connectivity index (χ4v) is 2.38. The van der Waals surface area contributed by atoms with Gasteiger partial charge in [0.05, 0.1) is 18.2 Å². The third-order valence-corrected chi connectivity index (χ3v) is 3.46. The number of ether oxygens (including phenoxy) is 1. The van der Waals surface area contributed by atoms with Crippen molar-refractivity contribution in [2.75, 3.05) is 0 Å². The van der Waals surface area contributed by atoms with Gasteiger partial charge in [0.2, 0.25) is 0 Å². The van der Waals surface area contributed by atoms with Gasteiger partial charge >= 0.3 is 0 Å². The maximum absolute atomic E-state index is 13.9. The van der Waals surface area contributed by atoms with Gasteiger partial charge in [0.15, 0.2) is 11.6 Å². The Bertz CT molecular complexity index is 439. The quantitative estimate of drug-likeness (QED) is 0.644. The molecule has 1 saturated heterocycles. The molecule has 0 radical (unpaired) electrons. The highest BCUT2D eigenvalue weighted by Crippen LogP contribution is 2.31. The molecule has 18 heavy (non-hydrogen) atoms. The summed E-state index contributed by atoms with van der Waals surface area (Å²) in [5.74, 6) is 3.80. The lowest BCUT2D eigenvalue weighted by Gasteiger charge is -2.24. The molecule has 3 atom stereocenters. The fraction of sp³-hybridized carbons (Fsp3) is 0.538. The minimum atomic E-state index is -0.846. The molecule has 0 bridgehead atoms. The Labute approximate surface area is 105 Å². The molecule has 3 unspecified atom stereocenters. The van der Waals surface area contributed by atoms with E-state index in [0.29, 0.717) is 0 Å². The van der Waals surface area contributed by atoms with Gasteiger partial charge in [-0.15, -0.1) is 0 Å². The van der Waals surface area contributed by atoms with E-state index in [4.69, 9.17) is 10.6 Å². The predicted molar refractivity (Wildman–Crippen MR) is 64.7 cm³/mol. The summed E-state index contributed by atoms with van der Waals surface area (Å²) < 4.78 is 33.2. The SMILES string of the molecule is Cc1ccc(C(NN)C2CCC(C)O2)c(F)c1F. The van der Waals surface area contributed by atoms with Gasteiger partial charge in [0, 0.05) is 5.56 Å². The van der Waals surface area contributed by atoms with E-state index in [1.165, 1.54) is 6.92 Å². The van der Waals surface area contributed by atoms with Crippen LogP contribution in [-0.2, 0) is 4.74 Å². The zero-order valence-corrected chi connectivity index (χ0v) is 10.5.